The molecular weight excluding hydrogens is 240 g/mol. The molecule has 90 valence electrons. The Kier molecular flexibility index (Phi) is 2.88. The Labute approximate surface area is 105 Å². The average molecular weight is 253 g/mol. The van der Waals surface area contributed by atoms with Crippen LogP contribution in [0.25, 0.3) is 0 Å². The third-order valence-corrected chi connectivity index (χ3v) is 2.99. The zero-order valence-electron chi connectivity index (χ0n) is 9.74. The summed E-state index contributed by atoms with van der Waals surface area (Å²) in [5.74, 6) is -0.0869. The van der Waals surface area contributed by atoms with Gasteiger partial charge in [0.25, 0.3) is 5.91 Å². The molecule has 1 amide bonds. The van der Waals surface area contributed by atoms with E-state index in [0.29, 0.717) is 0 Å². The molecule has 0 aliphatic heterocycles. The van der Waals surface area contributed by atoms with Crippen LogP contribution >= 0.6 is 11.6 Å². The van der Waals surface area contributed by atoms with Crippen molar-refractivity contribution in [2.75, 3.05) is 0 Å². The topological polar surface area (TPSA) is 57.2 Å². The summed E-state index contributed by atoms with van der Waals surface area (Å²) in [5, 5.41) is 9.32. The van der Waals surface area contributed by atoms with Crippen molar-refractivity contribution < 1.29 is 9.21 Å². The first-order valence-corrected chi connectivity index (χ1v) is 5.84. The van der Waals surface area contributed by atoms with Crippen LogP contribution < -0.4 is 0 Å². The lowest BCUT2D eigenvalue weighted by atomic mass is 10.0. The normalized spacial score (nSPS) is 15.4. The van der Waals surface area contributed by atoms with Crippen molar-refractivity contribution in [2.24, 2.45) is 0 Å². The number of hydrogen-bond acceptors (Lipinski definition) is 3. The maximum absolute atomic E-state index is 12.3. The van der Waals surface area contributed by atoms with Crippen LogP contribution in [0.4, 0.5) is 0 Å². The van der Waals surface area contributed by atoms with Gasteiger partial charge in [-0.05, 0) is 50.4 Å². The van der Waals surface area contributed by atoms with E-state index in [0.717, 1.165) is 12.8 Å². The number of furan rings is 1. The van der Waals surface area contributed by atoms with Crippen molar-refractivity contribution in [2.45, 2.75) is 38.3 Å². The molecule has 2 rings (SSSR count). The van der Waals surface area contributed by atoms with Crippen molar-refractivity contribution in [3.63, 3.8) is 0 Å². The van der Waals surface area contributed by atoms with E-state index in [2.05, 4.69) is 6.07 Å². The van der Waals surface area contributed by atoms with Crippen molar-refractivity contribution in [3.8, 4) is 6.07 Å². The smallest absolute Gasteiger partial charge is 0.291 e. The lowest BCUT2D eigenvalue weighted by Gasteiger charge is -2.32. The van der Waals surface area contributed by atoms with Gasteiger partial charge in [-0.3, -0.25) is 4.79 Å². The van der Waals surface area contributed by atoms with E-state index in [1.807, 2.05) is 0 Å². The van der Waals surface area contributed by atoms with Gasteiger partial charge < -0.3 is 9.32 Å². The van der Waals surface area contributed by atoms with Gasteiger partial charge in [-0.25, -0.2) is 0 Å². The molecule has 0 bridgehead atoms. The fourth-order valence-corrected chi connectivity index (χ4v) is 1.96. The lowest BCUT2D eigenvalue weighted by Crippen LogP contribution is -2.48. The maximum atomic E-state index is 12.3. The molecule has 0 spiro atoms. The molecule has 1 heterocycles. The van der Waals surface area contributed by atoms with Crippen LogP contribution in [0.5, 0.6) is 0 Å². The van der Waals surface area contributed by atoms with Crippen LogP contribution in [-0.4, -0.2) is 22.4 Å². The Hall–Kier alpha value is -1.47. The Morgan fingerprint density at radius 2 is 2.24 bits per heavy atom. The molecule has 1 aromatic heterocycles. The van der Waals surface area contributed by atoms with Crippen molar-refractivity contribution in [1.82, 2.24) is 4.90 Å². The number of halogens is 1. The van der Waals surface area contributed by atoms with Crippen LogP contribution in [0.15, 0.2) is 16.5 Å². The fraction of sp³-hybridized carbons (Fsp3) is 0.500. The first kappa shape index (κ1) is 12.0. The van der Waals surface area contributed by atoms with Gasteiger partial charge in [0.1, 0.15) is 5.54 Å². The number of nitriles is 1. The standard InChI is InChI=1S/C12H13ClN2O2/c1-12(2,7-14)15(8-3-4-8)11(16)9-5-6-10(13)17-9/h5-6,8H,3-4H2,1-2H3. The second-order valence-corrected chi connectivity index (χ2v) is 5.05. The number of nitrogens with zero attached hydrogens (tertiary/aromatic N) is 2. The second-order valence-electron chi connectivity index (χ2n) is 4.68. The highest BCUT2D eigenvalue weighted by Gasteiger charge is 2.43. The molecule has 1 aromatic rings. The first-order chi connectivity index (χ1) is 7.95. The van der Waals surface area contributed by atoms with E-state index in [-0.39, 0.29) is 22.9 Å². The van der Waals surface area contributed by atoms with E-state index in [1.165, 1.54) is 12.1 Å². The molecule has 1 fully saturated rings. The predicted molar refractivity (Wildman–Crippen MR) is 62.6 cm³/mol. The van der Waals surface area contributed by atoms with Crippen LogP contribution in [0.2, 0.25) is 5.22 Å². The van der Waals surface area contributed by atoms with Gasteiger partial charge in [0.2, 0.25) is 0 Å². The first-order valence-electron chi connectivity index (χ1n) is 5.46. The number of carbonyl (C=O) groups is 1. The Morgan fingerprint density at radius 3 is 2.65 bits per heavy atom. The molecule has 1 aliphatic rings. The van der Waals surface area contributed by atoms with Gasteiger partial charge in [0.15, 0.2) is 11.0 Å². The predicted octanol–water partition coefficient (Wildman–Crippen LogP) is 2.84. The molecule has 0 aromatic carbocycles. The second kappa shape index (κ2) is 4.08. The molecule has 0 atom stereocenters. The minimum atomic E-state index is -0.836. The van der Waals surface area contributed by atoms with Crippen LogP contribution in [-0.2, 0) is 0 Å². The SMILES string of the molecule is CC(C)(C#N)N(C(=O)c1ccc(Cl)o1)C1CC1. The highest BCUT2D eigenvalue weighted by atomic mass is 35.5. The monoisotopic (exact) mass is 252 g/mol. The molecular formula is C12H13ClN2O2. The summed E-state index contributed by atoms with van der Waals surface area (Å²) in [6, 6.07) is 5.35. The third kappa shape index (κ3) is 2.29. The minimum absolute atomic E-state index is 0.140. The zero-order chi connectivity index (χ0) is 12.6. The quantitative estimate of drug-likeness (QED) is 0.831. The van der Waals surface area contributed by atoms with Crippen LogP contribution in [0, 0.1) is 11.3 Å². The summed E-state index contributed by atoms with van der Waals surface area (Å²) in [6.45, 7) is 3.46. The summed E-state index contributed by atoms with van der Waals surface area (Å²) in [4.78, 5) is 13.9. The molecule has 0 N–H and O–H groups in total. The highest BCUT2D eigenvalue weighted by molar-refractivity contribution is 6.29. The van der Waals surface area contributed by atoms with E-state index in [4.69, 9.17) is 21.3 Å². The molecule has 1 aliphatic carbocycles. The van der Waals surface area contributed by atoms with Crippen molar-refractivity contribution >= 4 is 17.5 Å². The summed E-state index contributed by atoms with van der Waals surface area (Å²) >= 11 is 5.65. The summed E-state index contributed by atoms with van der Waals surface area (Å²) in [5.41, 5.74) is -0.836. The van der Waals surface area contributed by atoms with Gasteiger partial charge in [-0.15, -0.1) is 0 Å². The van der Waals surface area contributed by atoms with Gasteiger partial charge in [-0.2, -0.15) is 5.26 Å². The molecule has 0 saturated heterocycles. The number of rotatable bonds is 3. The number of hydrogen-bond donors (Lipinski definition) is 0. The van der Waals surface area contributed by atoms with E-state index >= 15 is 0 Å². The number of amides is 1. The molecule has 0 radical (unpaired) electrons. The van der Waals surface area contributed by atoms with E-state index in [1.54, 1.807) is 18.7 Å². The minimum Gasteiger partial charge on any atom is -0.440 e. The fourth-order valence-electron chi connectivity index (χ4n) is 1.81. The van der Waals surface area contributed by atoms with Crippen molar-refractivity contribution in [3.05, 3.63) is 23.1 Å². The van der Waals surface area contributed by atoms with E-state index in [9.17, 15) is 4.79 Å². The summed E-state index contributed by atoms with van der Waals surface area (Å²) in [6.07, 6.45) is 1.87. The Morgan fingerprint density at radius 1 is 1.59 bits per heavy atom. The maximum Gasteiger partial charge on any atom is 0.291 e. The van der Waals surface area contributed by atoms with Gasteiger partial charge in [-0.1, -0.05) is 0 Å². The lowest BCUT2D eigenvalue weighted by molar-refractivity contribution is 0.0582. The third-order valence-electron chi connectivity index (χ3n) is 2.79. The average Bonchev–Trinajstić information content (AvgIpc) is 2.99. The zero-order valence-corrected chi connectivity index (χ0v) is 10.5. The Balaban J connectivity index is 2.29. The largest absolute Gasteiger partial charge is 0.440 e. The highest BCUT2D eigenvalue weighted by Crippen LogP contribution is 2.34. The van der Waals surface area contributed by atoms with E-state index < -0.39 is 5.54 Å². The summed E-state index contributed by atoms with van der Waals surface area (Å²) < 4.78 is 5.11. The molecule has 5 heteroatoms. The van der Waals surface area contributed by atoms with Crippen LogP contribution in [0.1, 0.15) is 37.2 Å². The molecule has 1 saturated carbocycles. The molecule has 0 unspecified atom stereocenters. The van der Waals surface area contributed by atoms with Crippen LogP contribution in [0.3, 0.4) is 0 Å². The molecule has 17 heavy (non-hydrogen) atoms. The molecule has 4 nitrogen and oxygen atoms in total. The number of carbonyl (C=O) groups excluding carboxylic acids is 1. The van der Waals surface area contributed by atoms with Crippen molar-refractivity contribution in [1.29, 1.82) is 5.26 Å². The van der Waals surface area contributed by atoms with Gasteiger partial charge in [0.05, 0.1) is 6.07 Å². The summed E-state index contributed by atoms with van der Waals surface area (Å²) in [7, 11) is 0. The Bertz CT molecular complexity index is 483. The van der Waals surface area contributed by atoms with Gasteiger partial charge in [0, 0.05) is 6.04 Å². The van der Waals surface area contributed by atoms with Gasteiger partial charge >= 0.3 is 0 Å².